The van der Waals surface area contributed by atoms with E-state index < -0.39 is 0 Å². The number of allylic oxidation sites excluding steroid dienone is 1. The summed E-state index contributed by atoms with van der Waals surface area (Å²) in [5.41, 5.74) is 6.68. The van der Waals surface area contributed by atoms with E-state index >= 15 is 0 Å². The minimum Gasteiger partial charge on any atom is -0.508 e. The van der Waals surface area contributed by atoms with E-state index in [1.54, 1.807) is 18.2 Å². The quantitative estimate of drug-likeness (QED) is 0.551. The van der Waals surface area contributed by atoms with Gasteiger partial charge in [0.25, 0.3) is 0 Å². The first-order valence-electron chi connectivity index (χ1n) is 8.25. The van der Waals surface area contributed by atoms with E-state index in [4.69, 9.17) is 23.2 Å². The van der Waals surface area contributed by atoms with Crippen molar-refractivity contribution in [2.24, 2.45) is 0 Å². The van der Waals surface area contributed by atoms with Gasteiger partial charge >= 0.3 is 0 Å². The number of halogens is 2. The van der Waals surface area contributed by atoms with E-state index in [9.17, 15) is 10.2 Å². The molecule has 1 aliphatic carbocycles. The van der Waals surface area contributed by atoms with E-state index in [0.29, 0.717) is 17.0 Å². The highest BCUT2D eigenvalue weighted by atomic mass is 35.5. The molecule has 0 fully saturated rings. The molecule has 0 bridgehead atoms. The fraction of sp³-hybridized carbons (Fsp3) is 0.0909. The molecule has 0 heterocycles. The number of fused-ring (bicyclic) bond motifs is 1. The van der Waals surface area contributed by atoms with Gasteiger partial charge in [0.05, 0.1) is 5.02 Å². The second kappa shape index (κ2) is 6.39. The lowest BCUT2D eigenvalue weighted by atomic mass is 9.94. The van der Waals surface area contributed by atoms with Crippen molar-refractivity contribution in [1.82, 2.24) is 0 Å². The first-order valence-corrected chi connectivity index (χ1v) is 9.01. The van der Waals surface area contributed by atoms with Crippen molar-refractivity contribution in [3.05, 3.63) is 92.5 Å². The molecule has 2 nitrogen and oxygen atoms in total. The first kappa shape index (κ1) is 17.0. The molecule has 4 heteroatoms. The third-order valence-corrected chi connectivity index (χ3v) is 5.30. The summed E-state index contributed by atoms with van der Waals surface area (Å²) in [6.07, 6.45) is 0.635. The summed E-state index contributed by atoms with van der Waals surface area (Å²) in [5, 5.41) is 21.4. The average Bonchev–Trinajstić information content (AvgIpc) is 2.98. The smallest absolute Gasteiger partial charge is 0.141 e. The van der Waals surface area contributed by atoms with Crippen molar-refractivity contribution in [2.45, 2.75) is 13.3 Å². The van der Waals surface area contributed by atoms with Gasteiger partial charge < -0.3 is 10.2 Å². The van der Waals surface area contributed by atoms with Gasteiger partial charge in [-0.05, 0) is 71.0 Å². The molecule has 0 spiro atoms. The van der Waals surface area contributed by atoms with E-state index in [0.717, 1.165) is 33.4 Å². The summed E-state index contributed by atoms with van der Waals surface area (Å²) in [6, 6.07) is 16.7. The monoisotopic (exact) mass is 382 g/mol. The van der Waals surface area contributed by atoms with Crippen molar-refractivity contribution in [1.29, 1.82) is 0 Å². The normalized spacial score (nSPS) is 13.2. The third-order valence-electron chi connectivity index (χ3n) is 4.80. The van der Waals surface area contributed by atoms with Gasteiger partial charge in [0.15, 0.2) is 0 Å². The van der Waals surface area contributed by atoms with Crippen LogP contribution in [-0.2, 0) is 6.42 Å². The summed E-state index contributed by atoms with van der Waals surface area (Å²) in [4.78, 5) is 0. The van der Waals surface area contributed by atoms with Gasteiger partial charge in [0.2, 0.25) is 0 Å². The minimum atomic E-state index is 0.0224. The summed E-state index contributed by atoms with van der Waals surface area (Å²) in [5.74, 6) is 0.249. The SMILES string of the molecule is Cc1cc(O)cc2c1CC(c1cc(Cl)cc(Cl)c1O)=C2c1ccccc1. The zero-order valence-electron chi connectivity index (χ0n) is 14.1. The molecule has 0 radical (unpaired) electrons. The average molecular weight is 383 g/mol. The molecular formula is C22H16Cl2O2. The highest BCUT2D eigenvalue weighted by molar-refractivity contribution is 6.36. The number of phenols is 2. The van der Waals surface area contributed by atoms with Gasteiger partial charge in [-0.3, -0.25) is 0 Å². The number of rotatable bonds is 2. The van der Waals surface area contributed by atoms with Crippen LogP contribution >= 0.6 is 23.2 Å². The van der Waals surface area contributed by atoms with Gasteiger partial charge in [-0.2, -0.15) is 0 Å². The third kappa shape index (κ3) is 2.76. The molecule has 0 atom stereocenters. The van der Waals surface area contributed by atoms with Gasteiger partial charge in [0, 0.05) is 10.6 Å². The van der Waals surface area contributed by atoms with Crippen molar-refractivity contribution < 1.29 is 10.2 Å². The Morgan fingerprint density at radius 3 is 2.35 bits per heavy atom. The number of benzene rings is 3. The molecule has 3 aromatic rings. The van der Waals surface area contributed by atoms with Crippen LogP contribution in [0, 0.1) is 6.92 Å². The fourth-order valence-electron chi connectivity index (χ4n) is 3.64. The topological polar surface area (TPSA) is 40.5 Å². The Balaban J connectivity index is 2.05. The molecule has 0 aliphatic heterocycles. The Bertz CT molecular complexity index is 1050. The number of phenolic OH excluding ortho intramolecular Hbond substituents is 2. The van der Waals surface area contributed by atoms with Crippen LogP contribution in [0.25, 0.3) is 11.1 Å². The van der Waals surface area contributed by atoms with E-state index in [1.807, 2.05) is 37.3 Å². The number of aromatic hydroxyl groups is 2. The first-order chi connectivity index (χ1) is 12.5. The standard InChI is InChI=1S/C22H16Cl2O2/c1-12-7-15(25)10-17-16(12)11-18(21(17)13-5-3-2-4-6-13)19-8-14(23)9-20(24)22(19)26/h2-10,25-26H,11H2,1H3. The molecule has 26 heavy (non-hydrogen) atoms. The van der Waals surface area contributed by atoms with Crippen LogP contribution in [0.15, 0.2) is 54.6 Å². The molecule has 1 aliphatic rings. The number of hydrogen-bond acceptors (Lipinski definition) is 2. The van der Waals surface area contributed by atoms with Crippen molar-refractivity contribution >= 4 is 34.3 Å². The maximum atomic E-state index is 10.6. The number of aryl methyl sites for hydroxylation is 1. The van der Waals surface area contributed by atoms with Gasteiger partial charge in [-0.15, -0.1) is 0 Å². The van der Waals surface area contributed by atoms with Crippen LogP contribution in [0.2, 0.25) is 10.0 Å². The summed E-state index contributed by atoms with van der Waals surface area (Å²) in [7, 11) is 0. The molecule has 0 saturated carbocycles. The largest absolute Gasteiger partial charge is 0.508 e. The molecule has 0 unspecified atom stereocenters. The fourth-order valence-corrected chi connectivity index (χ4v) is 4.14. The zero-order chi connectivity index (χ0) is 18.4. The Morgan fingerprint density at radius 1 is 0.885 bits per heavy atom. The predicted octanol–water partition coefficient (Wildman–Crippen LogP) is 6.23. The molecule has 2 N–H and O–H groups in total. The van der Waals surface area contributed by atoms with Crippen LogP contribution in [0.1, 0.15) is 27.8 Å². The van der Waals surface area contributed by atoms with Crippen LogP contribution in [-0.4, -0.2) is 10.2 Å². The van der Waals surface area contributed by atoms with Crippen LogP contribution in [0.4, 0.5) is 0 Å². The lowest BCUT2D eigenvalue weighted by molar-refractivity contribution is 0.473. The molecule has 0 amide bonds. The van der Waals surface area contributed by atoms with Crippen molar-refractivity contribution in [2.75, 3.05) is 0 Å². The lowest BCUT2D eigenvalue weighted by Crippen LogP contribution is -1.91. The maximum absolute atomic E-state index is 10.6. The highest BCUT2D eigenvalue weighted by Gasteiger charge is 2.28. The van der Waals surface area contributed by atoms with Crippen LogP contribution < -0.4 is 0 Å². The molecule has 3 aromatic carbocycles. The maximum Gasteiger partial charge on any atom is 0.141 e. The van der Waals surface area contributed by atoms with Crippen LogP contribution in [0.5, 0.6) is 11.5 Å². The minimum absolute atomic E-state index is 0.0224. The highest BCUT2D eigenvalue weighted by Crippen LogP contribution is 2.48. The predicted molar refractivity (Wildman–Crippen MR) is 107 cm³/mol. The Labute approximate surface area is 162 Å². The number of hydrogen-bond donors (Lipinski definition) is 2. The Morgan fingerprint density at radius 2 is 1.62 bits per heavy atom. The lowest BCUT2D eigenvalue weighted by Gasteiger charge is -2.12. The van der Waals surface area contributed by atoms with Crippen molar-refractivity contribution in [3.8, 4) is 11.5 Å². The summed E-state index contributed by atoms with van der Waals surface area (Å²) < 4.78 is 0. The summed E-state index contributed by atoms with van der Waals surface area (Å²) in [6.45, 7) is 1.98. The zero-order valence-corrected chi connectivity index (χ0v) is 15.6. The van der Waals surface area contributed by atoms with Gasteiger partial charge in [-0.1, -0.05) is 53.5 Å². The summed E-state index contributed by atoms with van der Waals surface area (Å²) >= 11 is 12.4. The van der Waals surface area contributed by atoms with Gasteiger partial charge in [-0.25, -0.2) is 0 Å². The van der Waals surface area contributed by atoms with Crippen molar-refractivity contribution in [3.63, 3.8) is 0 Å². The molecule has 0 aromatic heterocycles. The Hall–Kier alpha value is -2.42. The van der Waals surface area contributed by atoms with E-state index in [2.05, 4.69) is 0 Å². The molecule has 130 valence electrons. The van der Waals surface area contributed by atoms with E-state index in [-0.39, 0.29) is 16.5 Å². The van der Waals surface area contributed by atoms with Gasteiger partial charge in [0.1, 0.15) is 11.5 Å². The van der Waals surface area contributed by atoms with Crippen LogP contribution in [0.3, 0.4) is 0 Å². The second-order valence-corrected chi connectivity index (χ2v) is 7.31. The molecule has 4 rings (SSSR count). The molecule has 0 saturated heterocycles. The van der Waals surface area contributed by atoms with E-state index in [1.165, 1.54) is 6.07 Å². The Kier molecular flexibility index (Phi) is 4.18. The second-order valence-electron chi connectivity index (χ2n) is 6.47. The molecular weight excluding hydrogens is 367 g/mol.